The first-order chi connectivity index (χ1) is 11.4. The summed E-state index contributed by atoms with van der Waals surface area (Å²) in [4.78, 5) is 34.7. The number of hydrazone groups is 1. The second-order valence-corrected chi connectivity index (χ2v) is 5.20. The zero-order valence-electron chi connectivity index (χ0n) is 13.4. The van der Waals surface area contributed by atoms with Crippen LogP contribution in [0, 0.1) is 0 Å². The minimum absolute atomic E-state index is 0.0335. The van der Waals surface area contributed by atoms with E-state index in [-0.39, 0.29) is 18.9 Å². The molecule has 0 bridgehead atoms. The molecular weight excluding hydrogens is 336 g/mol. The third kappa shape index (κ3) is 7.70. The Kier molecular flexibility index (Phi) is 8.45. The van der Waals surface area contributed by atoms with Crippen LogP contribution in [0.4, 0.5) is 5.69 Å². The lowest BCUT2D eigenvalue weighted by atomic mass is 10.2. The van der Waals surface area contributed by atoms with Gasteiger partial charge >= 0.3 is 11.8 Å². The average Bonchev–Trinajstić information content (AvgIpc) is 2.54. The summed E-state index contributed by atoms with van der Waals surface area (Å²) in [5.41, 5.74) is 3.03. The van der Waals surface area contributed by atoms with Gasteiger partial charge in [-0.25, -0.2) is 5.43 Å². The highest BCUT2D eigenvalue weighted by molar-refractivity contribution is 6.35. The van der Waals surface area contributed by atoms with E-state index in [4.69, 9.17) is 16.3 Å². The molecule has 0 aromatic heterocycles. The molecular formula is C15H19ClN4O4. The molecule has 0 atom stereocenters. The number of methoxy groups -OCH3 is 1. The van der Waals surface area contributed by atoms with Gasteiger partial charge in [0.15, 0.2) is 0 Å². The molecule has 130 valence electrons. The van der Waals surface area contributed by atoms with Crippen LogP contribution in [-0.2, 0) is 19.1 Å². The van der Waals surface area contributed by atoms with Crippen LogP contribution < -0.4 is 16.1 Å². The van der Waals surface area contributed by atoms with Crippen molar-refractivity contribution in [3.8, 4) is 0 Å². The van der Waals surface area contributed by atoms with Gasteiger partial charge in [0.2, 0.25) is 5.91 Å². The van der Waals surface area contributed by atoms with Gasteiger partial charge < -0.3 is 15.4 Å². The van der Waals surface area contributed by atoms with Crippen LogP contribution in [0.25, 0.3) is 0 Å². The van der Waals surface area contributed by atoms with E-state index >= 15 is 0 Å². The Morgan fingerprint density at radius 2 is 1.83 bits per heavy atom. The lowest BCUT2D eigenvalue weighted by Crippen LogP contribution is -2.39. The van der Waals surface area contributed by atoms with Gasteiger partial charge in [-0.3, -0.25) is 14.4 Å². The molecule has 0 heterocycles. The molecule has 24 heavy (non-hydrogen) atoms. The normalized spacial score (nSPS) is 10.9. The summed E-state index contributed by atoms with van der Waals surface area (Å²) in [5.74, 6) is -2.05. The Hall–Kier alpha value is -2.45. The monoisotopic (exact) mass is 354 g/mol. The highest BCUT2D eigenvalue weighted by Crippen LogP contribution is 2.13. The Balaban J connectivity index is 2.40. The zero-order valence-corrected chi connectivity index (χ0v) is 14.1. The van der Waals surface area contributed by atoms with E-state index in [1.54, 1.807) is 31.2 Å². The number of hydrogen-bond donors (Lipinski definition) is 3. The van der Waals surface area contributed by atoms with Crippen LogP contribution >= 0.6 is 11.6 Å². The number of ether oxygens (including phenoxy) is 1. The van der Waals surface area contributed by atoms with E-state index in [2.05, 4.69) is 21.2 Å². The summed E-state index contributed by atoms with van der Waals surface area (Å²) in [5, 5.41) is 9.29. The highest BCUT2D eigenvalue weighted by Gasteiger charge is 2.12. The minimum atomic E-state index is -0.913. The fourth-order valence-corrected chi connectivity index (χ4v) is 1.68. The van der Waals surface area contributed by atoms with Gasteiger partial charge in [-0.2, -0.15) is 5.10 Å². The Labute approximate surface area is 144 Å². The maximum atomic E-state index is 11.8. The Morgan fingerprint density at radius 3 is 2.46 bits per heavy atom. The minimum Gasteiger partial charge on any atom is -0.383 e. The van der Waals surface area contributed by atoms with E-state index in [9.17, 15) is 14.4 Å². The first kappa shape index (κ1) is 19.6. The molecule has 1 rings (SSSR count). The van der Waals surface area contributed by atoms with E-state index in [1.807, 2.05) is 0 Å². The van der Waals surface area contributed by atoms with Gasteiger partial charge in [-0.1, -0.05) is 11.6 Å². The second-order valence-electron chi connectivity index (χ2n) is 4.77. The highest BCUT2D eigenvalue weighted by atomic mass is 35.5. The van der Waals surface area contributed by atoms with Gasteiger partial charge in [0.05, 0.1) is 13.0 Å². The molecule has 0 aliphatic heterocycles. The number of nitrogens with zero attached hydrogens (tertiary/aromatic N) is 1. The summed E-state index contributed by atoms with van der Waals surface area (Å²) in [6, 6.07) is 6.64. The lowest BCUT2D eigenvalue weighted by Gasteiger charge is -2.06. The first-order valence-corrected chi connectivity index (χ1v) is 7.46. The van der Waals surface area contributed by atoms with Crippen molar-refractivity contribution in [2.45, 2.75) is 13.3 Å². The largest absolute Gasteiger partial charge is 0.383 e. The molecule has 8 nitrogen and oxygen atoms in total. The second kappa shape index (κ2) is 10.3. The molecule has 1 aromatic carbocycles. The van der Waals surface area contributed by atoms with E-state index < -0.39 is 11.8 Å². The number of halogens is 1. The third-order valence-electron chi connectivity index (χ3n) is 2.69. The number of amides is 3. The van der Waals surface area contributed by atoms with Crippen LogP contribution in [0.15, 0.2) is 29.4 Å². The number of rotatable bonds is 7. The van der Waals surface area contributed by atoms with Crippen molar-refractivity contribution in [1.29, 1.82) is 0 Å². The smallest absolute Gasteiger partial charge is 0.329 e. The van der Waals surface area contributed by atoms with Crippen LogP contribution in [0.2, 0.25) is 5.02 Å². The van der Waals surface area contributed by atoms with Crippen molar-refractivity contribution in [2.24, 2.45) is 5.10 Å². The van der Waals surface area contributed by atoms with Gasteiger partial charge in [0, 0.05) is 30.1 Å². The van der Waals surface area contributed by atoms with Crippen molar-refractivity contribution in [3.63, 3.8) is 0 Å². The van der Waals surface area contributed by atoms with E-state index in [1.165, 1.54) is 7.11 Å². The summed E-state index contributed by atoms with van der Waals surface area (Å²) in [6.07, 6.45) is -0.0335. The third-order valence-corrected chi connectivity index (χ3v) is 2.94. The van der Waals surface area contributed by atoms with Gasteiger partial charge in [-0.15, -0.1) is 0 Å². The molecule has 0 aliphatic carbocycles. The van der Waals surface area contributed by atoms with Crippen molar-refractivity contribution in [2.75, 3.05) is 25.6 Å². The standard InChI is InChI=1S/C15H19ClN4O4/c1-10(19-20-15(23)14(22)17-7-8-24-2)9-13(21)18-12-5-3-11(16)4-6-12/h3-6H,7-9H2,1-2H3,(H,17,22)(H,18,21)(H,20,23)/b19-10+. The number of carbonyl (C=O) groups excluding carboxylic acids is 3. The number of hydrogen-bond acceptors (Lipinski definition) is 5. The van der Waals surface area contributed by atoms with Gasteiger partial charge in [-0.05, 0) is 31.2 Å². The van der Waals surface area contributed by atoms with Gasteiger partial charge in [0.25, 0.3) is 0 Å². The molecule has 0 radical (unpaired) electrons. The fraction of sp³-hybridized carbons (Fsp3) is 0.333. The maximum Gasteiger partial charge on any atom is 0.329 e. The number of benzene rings is 1. The topological polar surface area (TPSA) is 109 Å². The fourth-order valence-electron chi connectivity index (χ4n) is 1.55. The predicted molar refractivity (Wildman–Crippen MR) is 90.8 cm³/mol. The Morgan fingerprint density at radius 1 is 1.17 bits per heavy atom. The van der Waals surface area contributed by atoms with E-state index in [0.717, 1.165) is 0 Å². The maximum absolute atomic E-state index is 11.8. The van der Waals surface area contributed by atoms with Crippen molar-refractivity contribution in [1.82, 2.24) is 10.7 Å². The SMILES string of the molecule is COCCNC(=O)C(=O)N/N=C(\C)CC(=O)Nc1ccc(Cl)cc1. The van der Waals surface area contributed by atoms with Crippen LogP contribution in [0.5, 0.6) is 0 Å². The number of anilines is 1. The Bertz CT molecular complexity index is 616. The summed E-state index contributed by atoms with van der Waals surface area (Å²) in [6.45, 7) is 2.08. The number of carbonyl (C=O) groups is 3. The van der Waals surface area contributed by atoms with Crippen LogP contribution in [0.3, 0.4) is 0 Å². The molecule has 9 heteroatoms. The molecule has 0 spiro atoms. The summed E-state index contributed by atoms with van der Waals surface area (Å²) in [7, 11) is 1.48. The molecule has 3 amide bonds. The quantitative estimate of drug-likeness (QED) is 0.293. The molecule has 0 saturated heterocycles. The molecule has 0 aliphatic rings. The van der Waals surface area contributed by atoms with Crippen LogP contribution in [0.1, 0.15) is 13.3 Å². The molecule has 3 N–H and O–H groups in total. The lowest BCUT2D eigenvalue weighted by molar-refractivity contribution is -0.139. The molecule has 1 aromatic rings. The average molecular weight is 355 g/mol. The molecule has 0 unspecified atom stereocenters. The summed E-state index contributed by atoms with van der Waals surface area (Å²) < 4.78 is 4.74. The van der Waals surface area contributed by atoms with Crippen molar-refractivity contribution < 1.29 is 19.1 Å². The van der Waals surface area contributed by atoms with Crippen molar-refractivity contribution >= 4 is 40.7 Å². The zero-order chi connectivity index (χ0) is 17.9. The number of nitrogens with one attached hydrogen (secondary N) is 3. The molecule has 0 saturated carbocycles. The predicted octanol–water partition coefficient (Wildman–Crippen LogP) is 0.923. The van der Waals surface area contributed by atoms with Crippen LogP contribution in [-0.4, -0.2) is 43.7 Å². The first-order valence-electron chi connectivity index (χ1n) is 7.08. The summed E-state index contributed by atoms with van der Waals surface area (Å²) >= 11 is 5.76. The molecule has 0 fully saturated rings. The van der Waals surface area contributed by atoms with Crippen molar-refractivity contribution in [3.05, 3.63) is 29.3 Å². The van der Waals surface area contributed by atoms with E-state index in [0.29, 0.717) is 23.0 Å². The van der Waals surface area contributed by atoms with Gasteiger partial charge in [0.1, 0.15) is 0 Å².